The van der Waals surface area contributed by atoms with Gasteiger partial charge in [0.05, 0.1) is 24.6 Å². The minimum atomic E-state index is -3.83. The smallest absolute Gasteiger partial charge is 0.244 e. The van der Waals surface area contributed by atoms with Gasteiger partial charge in [-0.2, -0.15) is 4.31 Å². The number of methoxy groups -OCH3 is 1. The molecule has 180 valence electrons. The van der Waals surface area contributed by atoms with Crippen molar-refractivity contribution in [2.24, 2.45) is 0 Å². The summed E-state index contributed by atoms with van der Waals surface area (Å²) in [6.07, 6.45) is 4.63. The Balaban J connectivity index is 1.85. The first-order valence-corrected chi connectivity index (χ1v) is 13.1. The second kappa shape index (κ2) is 10.7. The fourth-order valence-electron chi connectivity index (χ4n) is 4.87. The van der Waals surface area contributed by atoms with E-state index in [0.717, 1.165) is 60.1 Å². The highest BCUT2D eigenvalue weighted by Gasteiger charge is 2.36. The van der Waals surface area contributed by atoms with Gasteiger partial charge in [0, 0.05) is 6.04 Å². The highest BCUT2D eigenvalue weighted by atomic mass is 32.2. The molecule has 0 saturated heterocycles. The van der Waals surface area contributed by atoms with Crippen molar-refractivity contribution in [3.05, 3.63) is 58.7 Å². The zero-order valence-electron chi connectivity index (χ0n) is 20.3. The SMILES string of the molecule is COc1ccc(C(C)NC(=O)CN(C2CCCCC2)S(=O)(=O)c2c(C)cc(C)cc2C)cc1. The number of sulfonamides is 1. The predicted octanol–water partition coefficient (Wildman–Crippen LogP) is 4.82. The van der Waals surface area contributed by atoms with Gasteiger partial charge in [-0.25, -0.2) is 8.42 Å². The van der Waals surface area contributed by atoms with Crippen molar-refractivity contribution in [2.75, 3.05) is 13.7 Å². The van der Waals surface area contributed by atoms with Gasteiger partial charge in [-0.15, -0.1) is 0 Å². The second-order valence-electron chi connectivity index (χ2n) is 9.13. The Morgan fingerprint density at radius 1 is 1.06 bits per heavy atom. The molecule has 0 spiro atoms. The van der Waals surface area contributed by atoms with Crippen molar-refractivity contribution < 1.29 is 17.9 Å². The first-order chi connectivity index (χ1) is 15.6. The lowest BCUT2D eigenvalue weighted by molar-refractivity contribution is -0.122. The van der Waals surface area contributed by atoms with Gasteiger partial charge in [-0.3, -0.25) is 4.79 Å². The third-order valence-electron chi connectivity index (χ3n) is 6.45. The van der Waals surface area contributed by atoms with Crippen molar-refractivity contribution in [3.8, 4) is 5.75 Å². The molecule has 1 saturated carbocycles. The Morgan fingerprint density at radius 2 is 1.64 bits per heavy atom. The molecule has 0 radical (unpaired) electrons. The molecule has 1 fully saturated rings. The number of hydrogen-bond donors (Lipinski definition) is 1. The highest BCUT2D eigenvalue weighted by Crippen LogP contribution is 2.31. The first-order valence-electron chi connectivity index (χ1n) is 11.7. The number of amides is 1. The van der Waals surface area contributed by atoms with Crippen LogP contribution in [-0.4, -0.2) is 38.3 Å². The maximum absolute atomic E-state index is 13.9. The molecule has 1 atom stereocenters. The zero-order valence-corrected chi connectivity index (χ0v) is 21.2. The lowest BCUT2D eigenvalue weighted by atomic mass is 9.95. The Hall–Kier alpha value is -2.38. The molecule has 1 N–H and O–H groups in total. The summed E-state index contributed by atoms with van der Waals surface area (Å²) < 4.78 is 34.4. The van der Waals surface area contributed by atoms with E-state index in [4.69, 9.17) is 4.74 Å². The predicted molar refractivity (Wildman–Crippen MR) is 131 cm³/mol. The van der Waals surface area contributed by atoms with E-state index in [-0.39, 0.29) is 24.5 Å². The normalized spacial score (nSPS) is 15.9. The van der Waals surface area contributed by atoms with E-state index in [1.54, 1.807) is 7.11 Å². The lowest BCUT2D eigenvalue weighted by Crippen LogP contribution is -2.47. The van der Waals surface area contributed by atoms with Crippen LogP contribution in [0.4, 0.5) is 0 Å². The molecule has 1 unspecified atom stereocenters. The number of carbonyl (C=O) groups is 1. The summed E-state index contributed by atoms with van der Waals surface area (Å²) in [5.41, 5.74) is 3.40. The van der Waals surface area contributed by atoms with E-state index in [9.17, 15) is 13.2 Å². The number of ether oxygens (including phenoxy) is 1. The van der Waals surface area contributed by atoms with Gasteiger partial charge in [0.15, 0.2) is 0 Å². The molecule has 0 aliphatic heterocycles. The number of aryl methyl sites for hydroxylation is 3. The van der Waals surface area contributed by atoms with E-state index < -0.39 is 10.0 Å². The summed E-state index contributed by atoms with van der Waals surface area (Å²) in [6, 6.07) is 10.9. The van der Waals surface area contributed by atoms with Crippen molar-refractivity contribution >= 4 is 15.9 Å². The van der Waals surface area contributed by atoms with E-state index >= 15 is 0 Å². The van der Waals surface area contributed by atoms with E-state index in [1.165, 1.54) is 4.31 Å². The molecule has 1 amide bonds. The van der Waals surface area contributed by atoms with Crippen molar-refractivity contribution in [1.82, 2.24) is 9.62 Å². The summed E-state index contributed by atoms with van der Waals surface area (Å²) in [5, 5.41) is 2.98. The molecular formula is C26H36N2O4S. The van der Waals surface area contributed by atoms with Crippen LogP contribution in [0, 0.1) is 20.8 Å². The van der Waals surface area contributed by atoms with Gasteiger partial charge in [0.2, 0.25) is 15.9 Å². The lowest BCUT2D eigenvalue weighted by Gasteiger charge is -2.34. The van der Waals surface area contributed by atoms with Crippen LogP contribution in [0.25, 0.3) is 0 Å². The average molecular weight is 473 g/mol. The molecule has 33 heavy (non-hydrogen) atoms. The Kier molecular flexibility index (Phi) is 8.19. The minimum Gasteiger partial charge on any atom is -0.497 e. The summed E-state index contributed by atoms with van der Waals surface area (Å²) in [6.45, 7) is 7.34. The van der Waals surface area contributed by atoms with Crippen LogP contribution in [0.5, 0.6) is 5.75 Å². The number of nitrogens with one attached hydrogen (secondary N) is 1. The maximum atomic E-state index is 13.9. The number of rotatable bonds is 8. The molecule has 1 aliphatic carbocycles. The molecule has 3 rings (SSSR count). The molecule has 2 aromatic carbocycles. The highest BCUT2D eigenvalue weighted by molar-refractivity contribution is 7.89. The van der Waals surface area contributed by atoms with Crippen LogP contribution in [-0.2, 0) is 14.8 Å². The van der Waals surface area contributed by atoms with Crippen LogP contribution in [0.2, 0.25) is 0 Å². The fraction of sp³-hybridized carbons (Fsp3) is 0.500. The van der Waals surface area contributed by atoms with Gasteiger partial charge in [0.1, 0.15) is 5.75 Å². The molecule has 1 aliphatic rings. The van der Waals surface area contributed by atoms with Crippen LogP contribution in [0.1, 0.15) is 67.3 Å². The summed E-state index contributed by atoms with van der Waals surface area (Å²) >= 11 is 0. The van der Waals surface area contributed by atoms with Gasteiger partial charge < -0.3 is 10.1 Å². The van der Waals surface area contributed by atoms with Gasteiger partial charge >= 0.3 is 0 Å². The van der Waals surface area contributed by atoms with Gasteiger partial charge in [0.25, 0.3) is 0 Å². The Bertz CT molecular complexity index is 1050. The molecule has 7 heteroatoms. The van der Waals surface area contributed by atoms with Crippen molar-refractivity contribution in [2.45, 2.75) is 76.8 Å². The second-order valence-corrected chi connectivity index (χ2v) is 11.0. The fourth-order valence-corrected chi connectivity index (χ4v) is 6.93. The first kappa shape index (κ1) is 25.2. The number of nitrogens with zero attached hydrogens (tertiary/aromatic N) is 1. The topological polar surface area (TPSA) is 75.7 Å². The number of hydrogen-bond acceptors (Lipinski definition) is 4. The van der Waals surface area contributed by atoms with E-state index in [1.807, 2.05) is 64.1 Å². The number of benzene rings is 2. The molecule has 0 heterocycles. The zero-order chi connectivity index (χ0) is 24.2. The summed E-state index contributed by atoms with van der Waals surface area (Å²) in [5.74, 6) is 0.450. The Morgan fingerprint density at radius 3 is 2.18 bits per heavy atom. The molecule has 6 nitrogen and oxygen atoms in total. The van der Waals surface area contributed by atoms with Crippen LogP contribution in [0.3, 0.4) is 0 Å². The Labute approximate surface area is 198 Å². The largest absolute Gasteiger partial charge is 0.497 e. The van der Waals surface area contributed by atoms with Crippen LogP contribution >= 0.6 is 0 Å². The maximum Gasteiger partial charge on any atom is 0.244 e. The van der Waals surface area contributed by atoms with Crippen LogP contribution < -0.4 is 10.1 Å². The molecule has 0 bridgehead atoms. The third kappa shape index (κ3) is 5.95. The molecule has 2 aromatic rings. The quantitative estimate of drug-likeness (QED) is 0.598. The minimum absolute atomic E-state index is 0.161. The summed E-state index contributed by atoms with van der Waals surface area (Å²) in [7, 11) is -2.22. The van der Waals surface area contributed by atoms with Crippen molar-refractivity contribution in [3.63, 3.8) is 0 Å². The van der Waals surface area contributed by atoms with Crippen molar-refractivity contribution in [1.29, 1.82) is 0 Å². The van der Waals surface area contributed by atoms with Gasteiger partial charge in [-0.05, 0) is 69.4 Å². The molecular weight excluding hydrogens is 436 g/mol. The van der Waals surface area contributed by atoms with Crippen LogP contribution in [0.15, 0.2) is 41.3 Å². The van der Waals surface area contributed by atoms with E-state index in [0.29, 0.717) is 4.90 Å². The average Bonchev–Trinajstić information content (AvgIpc) is 2.77. The monoisotopic (exact) mass is 472 g/mol. The van der Waals surface area contributed by atoms with E-state index in [2.05, 4.69) is 5.32 Å². The van der Waals surface area contributed by atoms with Gasteiger partial charge in [-0.1, -0.05) is 49.1 Å². The third-order valence-corrected chi connectivity index (χ3v) is 8.65. The molecule has 0 aromatic heterocycles. The summed E-state index contributed by atoms with van der Waals surface area (Å²) in [4.78, 5) is 13.4. The standard InChI is InChI=1S/C26H36N2O4S/c1-18-15-19(2)26(20(3)16-18)33(30,31)28(23-9-7-6-8-10-23)17-25(29)27-21(4)22-11-13-24(32-5)14-12-22/h11-16,21,23H,6-10,17H2,1-5H3,(H,27,29). The number of carbonyl (C=O) groups excluding carboxylic acids is 1.